The molecule has 7 heteroatoms. The number of nitrogens with zero attached hydrogens (tertiary/aromatic N) is 5. The monoisotopic (exact) mass is 388 g/mol. The quantitative estimate of drug-likeness (QED) is 0.678. The minimum Gasteiger partial charge on any atom is -0.325 e. The summed E-state index contributed by atoms with van der Waals surface area (Å²) in [5.41, 5.74) is 3.72. The molecule has 7 nitrogen and oxygen atoms in total. The fourth-order valence-corrected chi connectivity index (χ4v) is 2.80. The van der Waals surface area contributed by atoms with Gasteiger partial charge in [-0.3, -0.25) is 9.78 Å². The van der Waals surface area contributed by atoms with Crippen LogP contribution in [0.4, 0.5) is 11.6 Å². The molecular formula is C22H24N6O. The van der Waals surface area contributed by atoms with Crippen molar-refractivity contribution in [1.82, 2.24) is 24.8 Å². The summed E-state index contributed by atoms with van der Waals surface area (Å²) in [6.07, 6.45) is 5.86. The molecule has 0 bridgehead atoms. The first-order valence-corrected chi connectivity index (χ1v) is 9.34. The molecule has 0 spiro atoms. The Morgan fingerprint density at radius 1 is 1.07 bits per heavy atom. The number of allylic oxidation sites excluding steroid dienone is 1. The molecule has 0 aliphatic carbocycles. The van der Waals surface area contributed by atoms with E-state index in [4.69, 9.17) is 0 Å². The van der Waals surface area contributed by atoms with E-state index in [0.717, 1.165) is 16.8 Å². The largest absolute Gasteiger partial charge is 0.325 e. The SMILES string of the molecule is C=C(CC)N(C)C(=O)c1cc(-c2ccnc(Nc3ccnc(C)n3)c2)cnc1C. The van der Waals surface area contributed by atoms with Gasteiger partial charge < -0.3 is 10.2 Å². The molecule has 0 saturated carbocycles. The molecule has 29 heavy (non-hydrogen) atoms. The predicted octanol–water partition coefficient (Wildman–Crippen LogP) is 4.29. The number of aromatic nitrogens is 4. The van der Waals surface area contributed by atoms with Crippen molar-refractivity contribution in [3.63, 3.8) is 0 Å². The number of rotatable bonds is 6. The molecule has 3 aromatic heterocycles. The third kappa shape index (κ3) is 4.63. The van der Waals surface area contributed by atoms with Crippen LogP contribution in [-0.4, -0.2) is 37.8 Å². The highest BCUT2D eigenvalue weighted by atomic mass is 16.2. The van der Waals surface area contributed by atoms with Crippen LogP contribution in [0.1, 0.15) is 35.2 Å². The summed E-state index contributed by atoms with van der Waals surface area (Å²) in [6, 6.07) is 7.42. The van der Waals surface area contributed by atoms with Gasteiger partial charge in [0.25, 0.3) is 5.91 Å². The van der Waals surface area contributed by atoms with Gasteiger partial charge in [0, 0.05) is 36.9 Å². The van der Waals surface area contributed by atoms with E-state index in [2.05, 4.69) is 31.8 Å². The molecule has 1 amide bonds. The number of hydrogen-bond acceptors (Lipinski definition) is 6. The van der Waals surface area contributed by atoms with Gasteiger partial charge in [0.15, 0.2) is 0 Å². The highest BCUT2D eigenvalue weighted by molar-refractivity contribution is 5.97. The number of pyridine rings is 2. The molecule has 0 fully saturated rings. The lowest BCUT2D eigenvalue weighted by Crippen LogP contribution is -2.26. The van der Waals surface area contributed by atoms with Crippen molar-refractivity contribution in [3.05, 3.63) is 72.2 Å². The zero-order valence-electron chi connectivity index (χ0n) is 17.1. The molecule has 0 aromatic carbocycles. The Labute approximate surface area is 170 Å². The number of hydrogen-bond donors (Lipinski definition) is 1. The fourth-order valence-electron chi connectivity index (χ4n) is 2.80. The molecule has 0 unspecified atom stereocenters. The Bertz CT molecular complexity index is 1060. The number of carbonyl (C=O) groups is 1. The second kappa shape index (κ2) is 8.60. The van der Waals surface area contributed by atoms with Crippen LogP contribution in [0.15, 0.2) is 55.1 Å². The summed E-state index contributed by atoms with van der Waals surface area (Å²) in [5, 5.41) is 3.18. The molecule has 3 heterocycles. The van der Waals surface area contributed by atoms with Crippen LogP contribution in [0.5, 0.6) is 0 Å². The van der Waals surface area contributed by atoms with Crippen LogP contribution in [0.3, 0.4) is 0 Å². The molecule has 0 aliphatic heterocycles. The summed E-state index contributed by atoms with van der Waals surface area (Å²) in [6.45, 7) is 9.57. The van der Waals surface area contributed by atoms with E-state index >= 15 is 0 Å². The zero-order chi connectivity index (χ0) is 21.0. The normalized spacial score (nSPS) is 10.5. The lowest BCUT2D eigenvalue weighted by Gasteiger charge is -2.20. The van der Waals surface area contributed by atoms with E-state index in [1.54, 1.807) is 36.6 Å². The first-order valence-electron chi connectivity index (χ1n) is 9.34. The Kier molecular flexibility index (Phi) is 5.97. The molecule has 1 N–H and O–H groups in total. The summed E-state index contributed by atoms with van der Waals surface area (Å²) in [5.74, 6) is 1.87. The van der Waals surface area contributed by atoms with E-state index in [-0.39, 0.29) is 5.91 Å². The summed E-state index contributed by atoms with van der Waals surface area (Å²) in [7, 11) is 1.73. The Morgan fingerprint density at radius 3 is 2.55 bits per heavy atom. The second-order valence-electron chi connectivity index (χ2n) is 6.68. The minimum absolute atomic E-state index is 0.118. The Hall–Kier alpha value is -3.61. The van der Waals surface area contributed by atoms with Crippen molar-refractivity contribution < 1.29 is 4.79 Å². The highest BCUT2D eigenvalue weighted by Crippen LogP contribution is 2.25. The molecule has 148 valence electrons. The van der Waals surface area contributed by atoms with Crippen LogP contribution < -0.4 is 5.32 Å². The van der Waals surface area contributed by atoms with E-state index in [0.29, 0.717) is 35.1 Å². The van der Waals surface area contributed by atoms with Crippen molar-refractivity contribution in [2.24, 2.45) is 0 Å². The fraction of sp³-hybridized carbons (Fsp3) is 0.227. The van der Waals surface area contributed by atoms with Gasteiger partial charge in [-0.2, -0.15) is 0 Å². The number of aryl methyl sites for hydroxylation is 2. The molecule has 0 radical (unpaired) electrons. The smallest absolute Gasteiger partial charge is 0.259 e. The molecule has 3 rings (SSSR count). The third-order valence-corrected chi connectivity index (χ3v) is 4.63. The number of nitrogens with one attached hydrogen (secondary N) is 1. The van der Waals surface area contributed by atoms with Gasteiger partial charge in [0.1, 0.15) is 17.5 Å². The third-order valence-electron chi connectivity index (χ3n) is 4.63. The maximum Gasteiger partial charge on any atom is 0.259 e. The van der Waals surface area contributed by atoms with Crippen LogP contribution in [0.25, 0.3) is 11.1 Å². The van der Waals surface area contributed by atoms with Gasteiger partial charge in [0.05, 0.1) is 11.3 Å². The lowest BCUT2D eigenvalue weighted by atomic mass is 10.0. The summed E-state index contributed by atoms with van der Waals surface area (Å²) in [4.78, 5) is 31.7. The van der Waals surface area contributed by atoms with Crippen molar-refractivity contribution >= 4 is 17.5 Å². The first kappa shape index (κ1) is 20.1. The van der Waals surface area contributed by atoms with Crippen molar-refractivity contribution in [3.8, 4) is 11.1 Å². The molecule has 0 saturated heterocycles. The van der Waals surface area contributed by atoms with E-state index in [9.17, 15) is 4.79 Å². The highest BCUT2D eigenvalue weighted by Gasteiger charge is 2.17. The average molecular weight is 388 g/mol. The summed E-state index contributed by atoms with van der Waals surface area (Å²) < 4.78 is 0. The van der Waals surface area contributed by atoms with Crippen LogP contribution in [0, 0.1) is 13.8 Å². The van der Waals surface area contributed by atoms with Crippen molar-refractivity contribution in [1.29, 1.82) is 0 Å². The average Bonchev–Trinajstić information content (AvgIpc) is 2.72. The number of amides is 1. The first-order chi connectivity index (χ1) is 13.9. The Morgan fingerprint density at radius 2 is 1.83 bits per heavy atom. The second-order valence-corrected chi connectivity index (χ2v) is 6.68. The van der Waals surface area contributed by atoms with E-state index < -0.39 is 0 Å². The van der Waals surface area contributed by atoms with Gasteiger partial charge in [-0.15, -0.1) is 0 Å². The zero-order valence-corrected chi connectivity index (χ0v) is 17.1. The number of anilines is 2. The molecule has 3 aromatic rings. The maximum absolute atomic E-state index is 12.9. The van der Waals surface area contributed by atoms with Crippen molar-refractivity contribution in [2.75, 3.05) is 12.4 Å². The van der Waals surface area contributed by atoms with Crippen LogP contribution in [-0.2, 0) is 0 Å². The van der Waals surface area contributed by atoms with E-state index in [1.165, 1.54) is 0 Å². The standard InChI is InChI=1S/C22H24N6O/c1-6-14(2)28(5)22(29)19-11-18(13-25-15(19)3)17-7-9-24-21(12-17)27-20-8-10-23-16(4)26-20/h7-13H,2,6H2,1,3-5H3,(H,23,24,26,27). The van der Waals surface area contributed by atoms with Crippen LogP contribution in [0.2, 0.25) is 0 Å². The van der Waals surface area contributed by atoms with Crippen molar-refractivity contribution in [2.45, 2.75) is 27.2 Å². The van der Waals surface area contributed by atoms with Gasteiger partial charge in [0.2, 0.25) is 0 Å². The lowest BCUT2D eigenvalue weighted by molar-refractivity contribution is 0.0832. The number of carbonyl (C=O) groups excluding carboxylic acids is 1. The van der Waals surface area contributed by atoms with Gasteiger partial charge in [-0.05, 0) is 50.1 Å². The predicted molar refractivity (Wildman–Crippen MR) is 114 cm³/mol. The Balaban J connectivity index is 1.91. The summed E-state index contributed by atoms with van der Waals surface area (Å²) >= 11 is 0. The maximum atomic E-state index is 12.9. The molecule has 0 aliphatic rings. The van der Waals surface area contributed by atoms with Gasteiger partial charge in [-0.25, -0.2) is 15.0 Å². The van der Waals surface area contributed by atoms with Gasteiger partial charge >= 0.3 is 0 Å². The molecule has 0 atom stereocenters. The minimum atomic E-state index is -0.118. The van der Waals surface area contributed by atoms with Gasteiger partial charge in [-0.1, -0.05) is 13.5 Å². The topological polar surface area (TPSA) is 83.9 Å². The molecular weight excluding hydrogens is 364 g/mol. The van der Waals surface area contributed by atoms with E-state index in [1.807, 2.05) is 39.0 Å². The van der Waals surface area contributed by atoms with Crippen LogP contribution >= 0.6 is 0 Å².